The Kier molecular flexibility index (Phi) is 27.2. The second kappa shape index (κ2) is 22.3. The Balaban J connectivity index is -0.000000920. The Morgan fingerprint density at radius 1 is 0.826 bits per heavy atom. The van der Waals surface area contributed by atoms with E-state index in [9.17, 15) is 0 Å². The van der Waals surface area contributed by atoms with Crippen LogP contribution in [-0.4, -0.2) is 37.5 Å². The molecule has 0 aliphatic heterocycles. The average molecular weight is 414 g/mol. The van der Waals surface area contributed by atoms with Crippen molar-refractivity contribution >= 4 is 11.6 Å². The van der Waals surface area contributed by atoms with Crippen molar-refractivity contribution in [1.82, 2.24) is 0 Å². The van der Waals surface area contributed by atoms with Crippen molar-refractivity contribution < 1.29 is 21.5 Å². The van der Waals surface area contributed by atoms with Crippen LogP contribution in [0.3, 0.4) is 0 Å². The normalized spacial score (nSPS) is 10.4. The highest BCUT2D eigenvalue weighted by Gasteiger charge is 2.12. The maximum atomic E-state index is 5.76. The highest BCUT2D eigenvalue weighted by atomic mass is 79.9. The quantitative estimate of drug-likeness (QED) is 0.264. The minimum absolute atomic E-state index is 0. The van der Waals surface area contributed by atoms with Crippen molar-refractivity contribution in [2.45, 2.75) is 77.6 Å². The summed E-state index contributed by atoms with van der Waals surface area (Å²) in [7, 11) is 4.67. The summed E-state index contributed by atoms with van der Waals surface area (Å²) in [6.45, 7) is 7.96. The first kappa shape index (κ1) is 28.1. The van der Waals surface area contributed by atoms with E-state index in [1.165, 1.54) is 83.5 Å². The Morgan fingerprint density at radius 2 is 1.17 bits per heavy atom. The van der Waals surface area contributed by atoms with E-state index in [1.54, 1.807) is 0 Å². The summed E-state index contributed by atoms with van der Waals surface area (Å²) in [5.41, 5.74) is 4.61. The lowest BCUT2D eigenvalue weighted by Gasteiger charge is -2.29. The zero-order valence-corrected chi connectivity index (χ0v) is 18.3. The summed E-state index contributed by atoms with van der Waals surface area (Å²) in [6.07, 6.45) is 16.7. The number of quaternary nitrogens is 1. The minimum atomic E-state index is 0. The largest absolute Gasteiger partial charge is 1.00 e. The van der Waals surface area contributed by atoms with Gasteiger partial charge in [-0.15, -0.1) is 11.6 Å². The average Bonchev–Trinajstić information content (AvgIpc) is 2.48. The van der Waals surface area contributed by atoms with E-state index in [0.717, 1.165) is 16.8 Å². The fraction of sp³-hybridized carbons (Fsp3) is 0.895. The van der Waals surface area contributed by atoms with Crippen LogP contribution in [0.2, 0.25) is 0 Å². The molecular formula is C19H42BrClN2. The van der Waals surface area contributed by atoms with E-state index in [4.69, 9.17) is 11.6 Å². The first-order valence-electron chi connectivity index (χ1n) is 9.24. The summed E-state index contributed by atoms with van der Waals surface area (Å²) in [5.74, 6) is 0.805. The van der Waals surface area contributed by atoms with Crippen molar-refractivity contribution in [1.29, 1.82) is 0 Å². The zero-order chi connectivity index (χ0) is 17.1. The van der Waals surface area contributed by atoms with Gasteiger partial charge in [-0.05, 0) is 19.0 Å². The summed E-state index contributed by atoms with van der Waals surface area (Å²) < 4.78 is 1.14. The number of halogens is 2. The molecule has 0 fully saturated rings. The maximum Gasteiger partial charge on any atom is 0.0794 e. The molecule has 0 aliphatic carbocycles. The number of unbranched alkanes of at least 4 members (excludes halogenated alkanes) is 9. The van der Waals surface area contributed by atoms with Crippen LogP contribution < -0.4 is 22.7 Å². The van der Waals surface area contributed by atoms with Crippen molar-refractivity contribution in [2.24, 2.45) is 5.73 Å². The molecule has 0 unspecified atom stereocenters. The molecule has 2 nitrogen and oxygen atoms in total. The van der Waals surface area contributed by atoms with Gasteiger partial charge < -0.3 is 27.2 Å². The van der Waals surface area contributed by atoms with Gasteiger partial charge in [-0.2, -0.15) is 0 Å². The second-order valence-electron chi connectivity index (χ2n) is 6.84. The van der Waals surface area contributed by atoms with Crippen LogP contribution in [-0.2, 0) is 0 Å². The summed E-state index contributed by atoms with van der Waals surface area (Å²) in [6, 6.07) is 0. The molecule has 0 atom stereocenters. The van der Waals surface area contributed by atoms with Crippen molar-refractivity contribution in [3.63, 3.8) is 0 Å². The molecule has 0 rings (SSSR count). The SMILES string of the molecule is C=CN.CCCCCCCCCCCC[N+](C)(C)CCCCl.[Br-]. The molecule has 4 heteroatoms. The third-order valence-corrected chi connectivity index (χ3v) is 4.28. The van der Waals surface area contributed by atoms with Gasteiger partial charge in [0.2, 0.25) is 0 Å². The van der Waals surface area contributed by atoms with Gasteiger partial charge in [0.05, 0.1) is 27.2 Å². The van der Waals surface area contributed by atoms with Crippen LogP contribution in [0.1, 0.15) is 77.6 Å². The zero-order valence-electron chi connectivity index (χ0n) is 16.0. The number of hydrogen-bond donors (Lipinski definition) is 1. The predicted octanol–water partition coefficient (Wildman–Crippen LogP) is 2.71. The van der Waals surface area contributed by atoms with Gasteiger partial charge in [-0.1, -0.05) is 64.9 Å². The third kappa shape index (κ3) is 27.4. The van der Waals surface area contributed by atoms with Crippen LogP contribution in [0.25, 0.3) is 0 Å². The number of nitrogens with two attached hydrogens (primary N) is 1. The molecule has 0 bridgehead atoms. The number of hydrogen-bond acceptors (Lipinski definition) is 1. The van der Waals surface area contributed by atoms with Crippen molar-refractivity contribution in [3.05, 3.63) is 12.8 Å². The Bertz CT molecular complexity index is 223. The van der Waals surface area contributed by atoms with E-state index < -0.39 is 0 Å². The van der Waals surface area contributed by atoms with Gasteiger partial charge in [0.15, 0.2) is 0 Å². The van der Waals surface area contributed by atoms with Crippen LogP contribution in [0.5, 0.6) is 0 Å². The number of nitrogens with zero attached hydrogens (tertiary/aromatic N) is 1. The molecule has 0 amide bonds. The van der Waals surface area contributed by atoms with E-state index >= 15 is 0 Å². The van der Waals surface area contributed by atoms with Gasteiger partial charge in [-0.25, -0.2) is 0 Å². The highest BCUT2D eigenvalue weighted by molar-refractivity contribution is 6.17. The lowest BCUT2D eigenvalue weighted by Crippen LogP contribution is -3.00. The summed E-state index contributed by atoms with van der Waals surface area (Å²) >= 11 is 5.76. The summed E-state index contributed by atoms with van der Waals surface area (Å²) in [5, 5.41) is 0. The Hall–Kier alpha value is 0.270. The molecule has 0 heterocycles. The molecule has 0 saturated carbocycles. The first-order valence-corrected chi connectivity index (χ1v) is 9.78. The van der Waals surface area contributed by atoms with E-state index in [1.807, 2.05) is 0 Å². The van der Waals surface area contributed by atoms with Gasteiger partial charge in [-0.3, -0.25) is 0 Å². The molecule has 0 aromatic heterocycles. The Labute approximate surface area is 162 Å². The summed E-state index contributed by atoms with van der Waals surface area (Å²) in [4.78, 5) is 0. The predicted molar refractivity (Wildman–Crippen MR) is 103 cm³/mol. The molecule has 0 aromatic carbocycles. The van der Waals surface area contributed by atoms with Crippen LogP contribution in [0, 0.1) is 0 Å². The van der Waals surface area contributed by atoms with Crippen molar-refractivity contribution in [2.75, 3.05) is 33.1 Å². The number of alkyl halides is 1. The van der Waals surface area contributed by atoms with Crippen LogP contribution >= 0.6 is 11.6 Å². The molecule has 142 valence electrons. The van der Waals surface area contributed by atoms with Gasteiger partial charge in [0.1, 0.15) is 0 Å². The highest BCUT2D eigenvalue weighted by Crippen LogP contribution is 2.11. The standard InChI is InChI=1S/C17H37ClN.C2H5N.BrH/c1-4-5-6-7-8-9-10-11-12-13-16-19(2,3)17-14-15-18;1-2-3;/h4-17H2,1-3H3;2H,1,3H2;1H/q+1;;/p-1. The monoisotopic (exact) mass is 412 g/mol. The van der Waals surface area contributed by atoms with Crippen molar-refractivity contribution in [3.8, 4) is 0 Å². The fourth-order valence-electron chi connectivity index (χ4n) is 2.63. The topological polar surface area (TPSA) is 26.0 Å². The van der Waals surface area contributed by atoms with Gasteiger partial charge >= 0.3 is 0 Å². The van der Waals surface area contributed by atoms with Gasteiger partial charge in [0.25, 0.3) is 0 Å². The molecular weight excluding hydrogens is 372 g/mol. The van der Waals surface area contributed by atoms with E-state index in [0.29, 0.717) is 0 Å². The van der Waals surface area contributed by atoms with E-state index in [2.05, 4.69) is 33.3 Å². The fourth-order valence-corrected chi connectivity index (χ4v) is 2.75. The van der Waals surface area contributed by atoms with E-state index in [-0.39, 0.29) is 17.0 Å². The molecule has 0 spiro atoms. The van der Waals surface area contributed by atoms with Gasteiger partial charge in [0, 0.05) is 12.3 Å². The molecule has 0 aromatic rings. The molecule has 0 radical (unpaired) electrons. The Morgan fingerprint density at radius 3 is 1.57 bits per heavy atom. The van der Waals surface area contributed by atoms with Crippen LogP contribution in [0.15, 0.2) is 12.8 Å². The third-order valence-electron chi connectivity index (χ3n) is 4.01. The molecule has 23 heavy (non-hydrogen) atoms. The number of rotatable bonds is 14. The molecule has 0 saturated heterocycles. The second-order valence-corrected chi connectivity index (χ2v) is 7.22. The minimum Gasteiger partial charge on any atom is -1.00 e. The smallest absolute Gasteiger partial charge is 0.0794 e. The molecule has 2 N–H and O–H groups in total. The lowest BCUT2D eigenvalue weighted by atomic mass is 10.1. The molecule has 0 aliphatic rings. The lowest BCUT2D eigenvalue weighted by molar-refractivity contribution is -0.890. The first-order chi connectivity index (χ1) is 10.5. The van der Waals surface area contributed by atoms with Crippen LogP contribution in [0.4, 0.5) is 0 Å². The maximum absolute atomic E-state index is 5.76.